The van der Waals surface area contributed by atoms with Crippen LogP contribution in [0.15, 0.2) is 71.9 Å². The van der Waals surface area contributed by atoms with E-state index in [2.05, 4.69) is 18.8 Å². The highest BCUT2D eigenvalue weighted by Crippen LogP contribution is 2.32. The molecule has 0 aliphatic carbocycles. The summed E-state index contributed by atoms with van der Waals surface area (Å²) in [6.45, 7) is 4.72. The number of pyridine rings is 1. The van der Waals surface area contributed by atoms with E-state index in [9.17, 15) is 4.79 Å². The molecule has 2 aromatic carbocycles. The van der Waals surface area contributed by atoms with Crippen LogP contribution in [-0.4, -0.2) is 21.1 Å². The largest absolute Gasteiger partial charge is 0.279 e. The predicted molar refractivity (Wildman–Crippen MR) is 127 cm³/mol. The van der Waals surface area contributed by atoms with Gasteiger partial charge in [-0.25, -0.2) is 4.98 Å². The molecule has 7 heteroatoms. The van der Waals surface area contributed by atoms with E-state index in [4.69, 9.17) is 16.6 Å². The fraction of sp³-hybridized carbons (Fsp3) is 0.174. The smallest absolute Gasteiger partial charge is 0.260 e. The predicted octanol–water partition coefficient (Wildman–Crippen LogP) is 6.69. The van der Waals surface area contributed by atoms with Crippen LogP contribution in [0.4, 0.5) is 5.13 Å². The van der Waals surface area contributed by atoms with Crippen LogP contribution in [0.2, 0.25) is 5.02 Å². The van der Waals surface area contributed by atoms with Crippen molar-refractivity contribution in [2.24, 2.45) is 0 Å². The number of halogens is 1. The van der Waals surface area contributed by atoms with Crippen molar-refractivity contribution in [1.29, 1.82) is 0 Å². The molecule has 1 amide bonds. The molecule has 0 spiro atoms. The highest BCUT2D eigenvalue weighted by molar-refractivity contribution is 7.99. The van der Waals surface area contributed by atoms with E-state index in [1.54, 1.807) is 29.1 Å². The standard InChI is InChI=1S/C23H20ClN3OS2/c1-15(2)29-19-6-3-17(4-7-19)22(28)27(14-16-9-11-25-12-10-16)23-26-20-8-5-18(24)13-21(20)30-23/h3-13,15H,14H2,1-2H3. The number of thiazole rings is 1. The van der Waals surface area contributed by atoms with Crippen molar-refractivity contribution < 1.29 is 4.79 Å². The zero-order chi connectivity index (χ0) is 21.1. The Morgan fingerprint density at radius 1 is 1.10 bits per heavy atom. The maximum absolute atomic E-state index is 13.5. The van der Waals surface area contributed by atoms with E-state index in [-0.39, 0.29) is 5.91 Å². The third kappa shape index (κ3) is 4.83. The van der Waals surface area contributed by atoms with Crippen molar-refractivity contribution >= 4 is 56.0 Å². The molecule has 4 rings (SSSR count). The van der Waals surface area contributed by atoms with Crippen LogP contribution in [0.25, 0.3) is 10.2 Å². The monoisotopic (exact) mass is 453 g/mol. The Balaban J connectivity index is 1.69. The molecule has 0 fully saturated rings. The second-order valence-corrected chi connectivity index (χ2v) is 10.1. The molecule has 0 unspecified atom stereocenters. The first-order valence-corrected chi connectivity index (χ1v) is 11.6. The highest BCUT2D eigenvalue weighted by atomic mass is 35.5. The lowest BCUT2D eigenvalue weighted by molar-refractivity contribution is 0.0985. The van der Waals surface area contributed by atoms with Gasteiger partial charge in [0.15, 0.2) is 5.13 Å². The summed E-state index contributed by atoms with van der Waals surface area (Å²) in [5.74, 6) is -0.0851. The number of carbonyl (C=O) groups is 1. The Morgan fingerprint density at radius 2 is 1.83 bits per heavy atom. The second-order valence-electron chi connectivity index (χ2n) is 7.05. The molecular weight excluding hydrogens is 434 g/mol. The normalized spacial score (nSPS) is 11.2. The van der Waals surface area contributed by atoms with Gasteiger partial charge in [-0.1, -0.05) is 36.8 Å². The molecule has 4 nitrogen and oxygen atoms in total. The molecule has 4 aromatic rings. The first-order valence-electron chi connectivity index (χ1n) is 9.53. The van der Waals surface area contributed by atoms with Crippen LogP contribution in [0.3, 0.4) is 0 Å². The van der Waals surface area contributed by atoms with Crippen LogP contribution in [0.5, 0.6) is 0 Å². The minimum absolute atomic E-state index is 0.0851. The number of carbonyl (C=O) groups excluding carboxylic acids is 1. The van der Waals surface area contributed by atoms with Gasteiger partial charge in [-0.3, -0.25) is 14.7 Å². The van der Waals surface area contributed by atoms with Gasteiger partial charge in [0.1, 0.15) is 0 Å². The molecule has 0 aliphatic rings. The highest BCUT2D eigenvalue weighted by Gasteiger charge is 2.22. The third-order valence-corrected chi connectivity index (χ3v) is 6.67. The summed E-state index contributed by atoms with van der Waals surface area (Å²) in [7, 11) is 0. The van der Waals surface area contributed by atoms with Gasteiger partial charge < -0.3 is 0 Å². The van der Waals surface area contributed by atoms with Crippen LogP contribution in [0.1, 0.15) is 29.8 Å². The number of hydrogen-bond donors (Lipinski definition) is 0. The first kappa shape index (κ1) is 20.8. The number of aromatic nitrogens is 2. The molecule has 152 valence electrons. The number of thioether (sulfide) groups is 1. The number of nitrogens with zero attached hydrogens (tertiary/aromatic N) is 3. The van der Waals surface area contributed by atoms with Crippen LogP contribution < -0.4 is 4.90 Å². The summed E-state index contributed by atoms with van der Waals surface area (Å²) in [6.07, 6.45) is 3.46. The van der Waals surface area contributed by atoms with Gasteiger partial charge in [0.25, 0.3) is 5.91 Å². The summed E-state index contributed by atoms with van der Waals surface area (Å²) in [5.41, 5.74) is 2.45. The van der Waals surface area contributed by atoms with Gasteiger partial charge >= 0.3 is 0 Å². The maximum atomic E-state index is 13.5. The molecule has 0 bridgehead atoms. The average molecular weight is 454 g/mol. The Kier molecular flexibility index (Phi) is 6.37. The minimum Gasteiger partial charge on any atom is -0.279 e. The first-order chi connectivity index (χ1) is 14.5. The lowest BCUT2D eigenvalue weighted by Crippen LogP contribution is -2.30. The molecule has 2 heterocycles. The van der Waals surface area contributed by atoms with Crippen LogP contribution in [-0.2, 0) is 6.54 Å². The Hall–Kier alpha value is -2.41. The quantitative estimate of drug-likeness (QED) is 0.305. The number of rotatable bonds is 6. The topological polar surface area (TPSA) is 46.1 Å². The van der Waals surface area contributed by atoms with E-state index >= 15 is 0 Å². The summed E-state index contributed by atoms with van der Waals surface area (Å²) in [5, 5.41) is 1.79. The number of hydrogen-bond acceptors (Lipinski definition) is 5. The Bertz CT molecular complexity index is 1160. The number of amides is 1. The maximum Gasteiger partial charge on any atom is 0.260 e. The molecule has 0 atom stereocenters. The molecule has 0 radical (unpaired) electrons. The summed E-state index contributed by atoms with van der Waals surface area (Å²) >= 11 is 9.37. The molecule has 2 aromatic heterocycles. The zero-order valence-corrected chi connectivity index (χ0v) is 19.0. The number of fused-ring (bicyclic) bond motifs is 1. The van der Waals surface area contributed by atoms with Gasteiger partial charge in [0.05, 0.1) is 16.8 Å². The average Bonchev–Trinajstić information content (AvgIpc) is 3.15. The molecule has 0 saturated heterocycles. The van der Waals surface area contributed by atoms with Crippen molar-refractivity contribution in [3.63, 3.8) is 0 Å². The van der Waals surface area contributed by atoms with Crippen molar-refractivity contribution in [2.45, 2.75) is 30.5 Å². The van der Waals surface area contributed by atoms with Crippen molar-refractivity contribution in [3.05, 3.63) is 83.1 Å². The summed E-state index contributed by atoms with van der Waals surface area (Å²) < 4.78 is 0.953. The van der Waals surface area contributed by atoms with Gasteiger partial charge in [-0.05, 0) is 60.2 Å². The lowest BCUT2D eigenvalue weighted by Gasteiger charge is -2.20. The summed E-state index contributed by atoms with van der Waals surface area (Å²) in [4.78, 5) is 25.1. The molecule has 30 heavy (non-hydrogen) atoms. The molecule has 0 N–H and O–H groups in total. The van der Waals surface area contributed by atoms with Gasteiger partial charge in [-0.15, -0.1) is 11.8 Å². The van der Waals surface area contributed by atoms with Crippen LogP contribution in [0, 0.1) is 0 Å². The number of anilines is 1. The second kappa shape index (κ2) is 9.16. The SMILES string of the molecule is CC(C)Sc1ccc(C(=O)N(Cc2ccncc2)c2nc3ccc(Cl)cc3s2)cc1. The van der Waals surface area contributed by atoms with E-state index in [1.165, 1.54) is 11.3 Å². The minimum atomic E-state index is -0.0851. The van der Waals surface area contributed by atoms with E-state index < -0.39 is 0 Å². The Morgan fingerprint density at radius 3 is 2.53 bits per heavy atom. The fourth-order valence-electron chi connectivity index (χ4n) is 3.00. The zero-order valence-electron chi connectivity index (χ0n) is 16.6. The lowest BCUT2D eigenvalue weighted by atomic mass is 10.2. The van der Waals surface area contributed by atoms with E-state index in [0.29, 0.717) is 27.5 Å². The van der Waals surface area contributed by atoms with E-state index in [1.807, 2.05) is 54.6 Å². The Labute approximate surface area is 188 Å². The fourth-order valence-corrected chi connectivity index (χ4v) is 5.08. The number of benzene rings is 2. The van der Waals surface area contributed by atoms with Crippen molar-refractivity contribution in [1.82, 2.24) is 9.97 Å². The van der Waals surface area contributed by atoms with Gasteiger partial charge in [0, 0.05) is 33.1 Å². The summed E-state index contributed by atoms with van der Waals surface area (Å²) in [6, 6.07) is 17.2. The van der Waals surface area contributed by atoms with Gasteiger partial charge in [-0.2, -0.15) is 0 Å². The van der Waals surface area contributed by atoms with Crippen molar-refractivity contribution in [3.8, 4) is 0 Å². The molecular formula is C23H20ClN3OS2. The molecule has 0 aliphatic heterocycles. The molecule has 0 saturated carbocycles. The van der Waals surface area contributed by atoms with Crippen molar-refractivity contribution in [2.75, 3.05) is 4.90 Å². The van der Waals surface area contributed by atoms with Gasteiger partial charge in [0.2, 0.25) is 0 Å². The third-order valence-electron chi connectivity index (χ3n) is 4.38. The van der Waals surface area contributed by atoms with E-state index in [0.717, 1.165) is 20.7 Å². The van der Waals surface area contributed by atoms with Crippen LogP contribution >= 0.6 is 34.7 Å².